The molecule has 0 radical (unpaired) electrons. The van der Waals surface area contributed by atoms with Crippen LogP contribution in [0.3, 0.4) is 0 Å². The number of methoxy groups -OCH3 is 1. The third-order valence-corrected chi connectivity index (χ3v) is 7.72. The van der Waals surface area contributed by atoms with E-state index in [0.29, 0.717) is 0 Å². The molecule has 1 aromatic heterocycles. The van der Waals surface area contributed by atoms with Crippen LogP contribution in [0.25, 0.3) is 0 Å². The number of rotatable bonds is 6. The maximum Gasteiger partial charge on any atom is 0.511 e. The van der Waals surface area contributed by atoms with Crippen LogP contribution in [0.2, 0.25) is 0 Å². The Balaban J connectivity index is 1.68. The summed E-state index contributed by atoms with van der Waals surface area (Å²) >= 11 is 0. The summed E-state index contributed by atoms with van der Waals surface area (Å²) in [6, 6.07) is 9.51. The average molecular weight is 469 g/mol. The Bertz CT molecular complexity index is 1050. The second-order valence-corrected chi connectivity index (χ2v) is 10.1. The molecule has 2 atom stereocenters. The van der Waals surface area contributed by atoms with Crippen LogP contribution in [-0.4, -0.2) is 66.5 Å². The Hall–Kier alpha value is -2.97. The van der Waals surface area contributed by atoms with Crippen molar-refractivity contribution in [3.8, 4) is 5.75 Å². The molecule has 1 aromatic carbocycles. The predicted molar refractivity (Wildman–Crippen MR) is 128 cm³/mol. The fourth-order valence-electron chi connectivity index (χ4n) is 5.89. The number of quaternary nitrogens is 1. The van der Waals surface area contributed by atoms with Crippen molar-refractivity contribution < 1.29 is 28.7 Å². The predicted octanol–water partition coefficient (Wildman–Crippen LogP) is 4.15. The lowest BCUT2D eigenvalue weighted by atomic mass is 9.86. The number of amides is 1. The molecule has 8 heteroatoms. The van der Waals surface area contributed by atoms with E-state index < -0.39 is 6.16 Å². The molecular weight excluding hydrogens is 434 g/mol. The van der Waals surface area contributed by atoms with Crippen LogP contribution in [0.4, 0.5) is 10.5 Å². The second-order valence-electron chi connectivity index (χ2n) is 10.1. The number of hydrogen-bond donors (Lipinski definition) is 1. The van der Waals surface area contributed by atoms with E-state index in [1.807, 2.05) is 31.3 Å². The number of fused-ring (bicyclic) bond motifs is 1. The zero-order chi connectivity index (χ0) is 24.5. The molecule has 182 valence electrons. The molecule has 2 aromatic rings. The molecule has 34 heavy (non-hydrogen) atoms. The Morgan fingerprint density at radius 3 is 2.47 bits per heavy atom. The number of carbonyl (C=O) groups is 2. The molecule has 4 rings (SSSR count). The molecule has 2 aliphatic rings. The van der Waals surface area contributed by atoms with Crippen LogP contribution in [0.5, 0.6) is 5.75 Å². The topological polar surface area (TPSA) is 89.0 Å². The zero-order valence-electron chi connectivity index (χ0n) is 20.4. The number of ether oxygens (including phenoxy) is 2. The summed E-state index contributed by atoms with van der Waals surface area (Å²) in [5.41, 5.74) is 3.13. The monoisotopic (exact) mass is 468 g/mol. The number of carboxylic acid groups (broad SMARTS) is 1. The molecule has 1 amide bonds. The maximum atomic E-state index is 13.7. The maximum absolute atomic E-state index is 13.7. The molecule has 0 spiro atoms. The van der Waals surface area contributed by atoms with Crippen LogP contribution < -0.4 is 9.64 Å². The van der Waals surface area contributed by atoms with E-state index in [1.54, 1.807) is 25.6 Å². The summed E-state index contributed by atoms with van der Waals surface area (Å²) in [5, 5.41) is 9.12. The molecule has 1 aliphatic heterocycles. The van der Waals surface area contributed by atoms with Gasteiger partial charge in [-0.05, 0) is 35.2 Å². The quantitative estimate of drug-likeness (QED) is 0.387. The van der Waals surface area contributed by atoms with Crippen LogP contribution in [0, 0.1) is 0 Å². The molecule has 1 saturated heterocycles. The summed E-state index contributed by atoms with van der Waals surface area (Å²) in [6.07, 6.45) is 4.79. The first-order valence-electron chi connectivity index (χ1n) is 11.7. The Labute approximate surface area is 200 Å². The average Bonchev–Trinajstić information content (AvgIpc) is 3.09. The van der Waals surface area contributed by atoms with Gasteiger partial charge in [-0.1, -0.05) is 19.9 Å². The molecule has 0 bridgehead atoms. The minimum Gasteiger partial charge on any atom is -0.449 e. The summed E-state index contributed by atoms with van der Waals surface area (Å²) in [5.74, 6) is 0.329. The highest BCUT2D eigenvalue weighted by molar-refractivity contribution is 5.71. The lowest BCUT2D eigenvalue weighted by molar-refractivity contribution is -0.892. The van der Waals surface area contributed by atoms with E-state index in [2.05, 4.69) is 23.7 Å². The van der Waals surface area contributed by atoms with Gasteiger partial charge in [0.05, 0.1) is 13.1 Å². The number of hydrogen-bond acceptors (Lipinski definition) is 6. The van der Waals surface area contributed by atoms with Gasteiger partial charge >= 0.3 is 12.1 Å². The van der Waals surface area contributed by atoms with Crippen LogP contribution in [-0.2, 0) is 14.9 Å². The smallest absolute Gasteiger partial charge is 0.449 e. The third-order valence-electron chi connectivity index (χ3n) is 7.72. The summed E-state index contributed by atoms with van der Waals surface area (Å²) in [6.45, 7) is 6.11. The second kappa shape index (κ2) is 9.35. The van der Waals surface area contributed by atoms with Gasteiger partial charge in [-0.25, -0.2) is 9.59 Å². The first kappa shape index (κ1) is 24.2. The standard InChI is InChI=1S/C26H33N3O5/c1-26(2)16-23(21-15-20(34-25(31)32)5-6-22(21)26)29(3,24(30)17-33-4)19-9-13-28(14-10-19)18-7-11-27-12-8-18/h5-8,11-12,15,19,23H,9-10,13-14,16-17H2,1-4H3/p+1. The summed E-state index contributed by atoms with van der Waals surface area (Å²) < 4.78 is 10.5. The van der Waals surface area contributed by atoms with Gasteiger partial charge in [0, 0.05) is 63.1 Å². The SMILES string of the molecule is COCC(=O)[N+](C)(C1CCN(c2ccncc2)CC1)C1CC(C)(C)c2ccc(OC(=O)O)cc21. The molecule has 8 nitrogen and oxygen atoms in total. The Morgan fingerprint density at radius 1 is 1.18 bits per heavy atom. The first-order chi connectivity index (χ1) is 16.2. The van der Waals surface area contributed by atoms with E-state index in [-0.39, 0.29) is 40.2 Å². The van der Waals surface area contributed by atoms with Crippen molar-refractivity contribution in [1.82, 2.24) is 4.98 Å². The number of piperidine rings is 1. The highest BCUT2D eigenvalue weighted by Crippen LogP contribution is 2.52. The van der Waals surface area contributed by atoms with Gasteiger partial charge in [-0.15, -0.1) is 0 Å². The normalized spacial score (nSPS) is 21.5. The van der Waals surface area contributed by atoms with E-state index >= 15 is 0 Å². The van der Waals surface area contributed by atoms with E-state index in [0.717, 1.165) is 49.2 Å². The van der Waals surface area contributed by atoms with Crippen molar-refractivity contribution in [3.05, 3.63) is 53.9 Å². The van der Waals surface area contributed by atoms with Gasteiger partial charge in [0.2, 0.25) is 0 Å². The van der Waals surface area contributed by atoms with Gasteiger partial charge in [0.1, 0.15) is 11.8 Å². The molecule has 1 fully saturated rings. The molecular formula is C26H34N3O5+. The van der Waals surface area contributed by atoms with Gasteiger partial charge in [0.15, 0.2) is 6.61 Å². The number of nitrogens with zero attached hydrogens (tertiary/aromatic N) is 3. The third kappa shape index (κ3) is 4.40. The van der Waals surface area contributed by atoms with Gasteiger partial charge < -0.3 is 19.5 Å². The Kier molecular flexibility index (Phi) is 6.64. The highest BCUT2D eigenvalue weighted by Gasteiger charge is 2.54. The first-order valence-corrected chi connectivity index (χ1v) is 11.7. The zero-order valence-corrected chi connectivity index (χ0v) is 20.4. The molecule has 2 unspecified atom stereocenters. The largest absolute Gasteiger partial charge is 0.511 e. The van der Waals surface area contributed by atoms with Gasteiger partial charge in [-0.3, -0.25) is 9.47 Å². The molecule has 2 heterocycles. The molecule has 1 aliphatic carbocycles. The minimum atomic E-state index is -1.34. The fraction of sp³-hybridized carbons (Fsp3) is 0.500. The van der Waals surface area contributed by atoms with Crippen LogP contribution in [0.1, 0.15) is 50.3 Å². The summed E-state index contributed by atoms with van der Waals surface area (Å²) in [7, 11) is 3.59. The van der Waals surface area contributed by atoms with Crippen LogP contribution in [0.15, 0.2) is 42.7 Å². The lowest BCUT2D eigenvalue weighted by Crippen LogP contribution is -2.62. The summed E-state index contributed by atoms with van der Waals surface area (Å²) in [4.78, 5) is 31.3. The minimum absolute atomic E-state index is 0.0403. The highest BCUT2D eigenvalue weighted by atomic mass is 16.7. The van der Waals surface area contributed by atoms with Crippen molar-refractivity contribution >= 4 is 17.7 Å². The van der Waals surface area contributed by atoms with Crippen LogP contribution >= 0.6 is 0 Å². The molecule has 0 saturated carbocycles. The number of benzene rings is 1. The van der Waals surface area contributed by atoms with Crippen molar-refractivity contribution in [3.63, 3.8) is 0 Å². The van der Waals surface area contributed by atoms with Gasteiger partial charge in [-0.2, -0.15) is 0 Å². The van der Waals surface area contributed by atoms with E-state index in [9.17, 15) is 9.59 Å². The van der Waals surface area contributed by atoms with Gasteiger partial charge in [0.25, 0.3) is 0 Å². The Morgan fingerprint density at radius 2 is 1.85 bits per heavy atom. The van der Waals surface area contributed by atoms with Crippen molar-refractivity contribution in [1.29, 1.82) is 0 Å². The number of likely N-dealkylation sites (N-methyl/N-ethyl adjacent to an activating group) is 1. The molecule has 1 N–H and O–H groups in total. The fourth-order valence-corrected chi connectivity index (χ4v) is 5.89. The number of aromatic nitrogens is 1. The van der Waals surface area contributed by atoms with E-state index in [1.165, 1.54) is 0 Å². The van der Waals surface area contributed by atoms with Crippen molar-refractivity contribution in [2.24, 2.45) is 0 Å². The number of pyridine rings is 1. The van der Waals surface area contributed by atoms with E-state index in [4.69, 9.17) is 14.6 Å². The lowest BCUT2D eigenvalue weighted by Gasteiger charge is -2.47. The number of carbonyl (C=O) groups excluding carboxylic acids is 1. The number of anilines is 1. The van der Waals surface area contributed by atoms with Crippen molar-refractivity contribution in [2.75, 3.05) is 38.8 Å². The van der Waals surface area contributed by atoms with Crippen molar-refractivity contribution in [2.45, 2.75) is 50.6 Å².